The summed E-state index contributed by atoms with van der Waals surface area (Å²) in [4.78, 5) is 11.9. The number of Topliss-reactive ketones (excluding diaryl/α,β-unsaturated/α-hetero) is 1. The summed E-state index contributed by atoms with van der Waals surface area (Å²) < 4.78 is 0. The number of halogens is 1. The zero-order valence-electron chi connectivity index (χ0n) is 8.75. The maximum absolute atomic E-state index is 11.9. The van der Waals surface area contributed by atoms with Crippen LogP contribution in [0.5, 0.6) is 0 Å². The minimum atomic E-state index is -0.255. The van der Waals surface area contributed by atoms with Gasteiger partial charge in [0.15, 0.2) is 5.78 Å². The van der Waals surface area contributed by atoms with Crippen molar-refractivity contribution in [2.75, 3.05) is 0 Å². The lowest BCUT2D eigenvalue weighted by molar-refractivity contribution is 0.0931. The highest BCUT2D eigenvalue weighted by Gasteiger charge is 2.16. The van der Waals surface area contributed by atoms with E-state index in [9.17, 15) is 4.79 Å². The first-order valence-corrected chi connectivity index (χ1v) is 5.11. The molecule has 0 amide bonds. The van der Waals surface area contributed by atoms with Crippen molar-refractivity contribution >= 4 is 17.4 Å². The highest BCUT2D eigenvalue weighted by Crippen LogP contribution is 2.19. The summed E-state index contributed by atoms with van der Waals surface area (Å²) in [6.45, 7) is 3.61. The van der Waals surface area contributed by atoms with Gasteiger partial charge in [-0.2, -0.15) is 5.26 Å². The van der Waals surface area contributed by atoms with Crippen LogP contribution in [-0.4, -0.2) is 5.78 Å². The van der Waals surface area contributed by atoms with Gasteiger partial charge in [0.1, 0.15) is 0 Å². The van der Waals surface area contributed by atoms with E-state index in [0.29, 0.717) is 10.6 Å². The fraction of sp³-hybridized carbons (Fsp3) is 0.333. The number of carbonyl (C=O) groups excluding carboxylic acids is 1. The lowest BCUT2D eigenvalue weighted by atomic mass is 9.94. The molecular formula is C12H12ClNO. The fourth-order valence-corrected chi connectivity index (χ4v) is 1.63. The number of hydrogen-bond donors (Lipinski definition) is 0. The monoisotopic (exact) mass is 221 g/mol. The number of rotatable bonds is 3. The van der Waals surface area contributed by atoms with Crippen LogP contribution in [0.4, 0.5) is 0 Å². The van der Waals surface area contributed by atoms with Crippen molar-refractivity contribution in [3.8, 4) is 6.07 Å². The maximum atomic E-state index is 11.9. The molecule has 1 atom stereocenters. The lowest BCUT2D eigenvalue weighted by Crippen LogP contribution is -2.12. The van der Waals surface area contributed by atoms with E-state index >= 15 is 0 Å². The summed E-state index contributed by atoms with van der Waals surface area (Å²) in [7, 11) is 0. The largest absolute Gasteiger partial charge is 0.294 e. The Hall–Kier alpha value is -1.33. The molecule has 1 unspecified atom stereocenters. The van der Waals surface area contributed by atoms with Gasteiger partial charge in [0.2, 0.25) is 0 Å². The van der Waals surface area contributed by atoms with E-state index < -0.39 is 0 Å². The zero-order chi connectivity index (χ0) is 11.4. The van der Waals surface area contributed by atoms with Crippen LogP contribution in [0.25, 0.3) is 0 Å². The lowest BCUT2D eigenvalue weighted by Gasteiger charge is -2.09. The predicted molar refractivity (Wildman–Crippen MR) is 59.9 cm³/mol. The van der Waals surface area contributed by atoms with Gasteiger partial charge in [-0.1, -0.05) is 18.5 Å². The molecule has 0 bridgehead atoms. The second-order valence-electron chi connectivity index (χ2n) is 3.59. The van der Waals surface area contributed by atoms with Gasteiger partial charge in [-0.15, -0.1) is 0 Å². The molecule has 0 heterocycles. The van der Waals surface area contributed by atoms with E-state index in [1.807, 2.05) is 13.0 Å². The van der Waals surface area contributed by atoms with Gasteiger partial charge < -0.3 is 0 Å². The molecule has 1 rings (SSSR count). The third kappa shape index (κ3) is 2.81. The van der Waals surface area contributed by atoms with Crippen molar-refractivity contribution in [2.24, 2.45) is 5.92 Å². The molecule has 0 spiro atoms. The van der Waals surface area contributed by atoms with Crippen LogP contribution in [-0.2, 0) is 0 Å². The van der Waals surface area contributed by atoms with Gasteiger partial charge in [-0.3, -0.25) is 4.79 Å². The second-order valence-corrected chi connectivity index (χ2v) is 4.02. The summed E-state index contributed by atoms with van der Waals surface area (Å²) in [5, 5.41) is 9.14. The first-order chi connectivity index (χ1) is 7.06. The van der Waals surface area contributed by atoms with Gasteiger partial charge in [0, 0.05) is 22.9 Å². The van der Waals surface area contributed by atoms with Crippen LogP contribution in [0.2, 0.25) is 5.02 Å². The smallest absolute Gasteiger partial charge is 0.166 e. The average Bonchev–Trinajstić information content (AvgIpc) is 2.17. The van der Waals surface area contributed by atoms with Gasteiger partial charge in [-0.05, 0) is 30.7 Å². The van der Waals surface area contributed by atoms with Crippen LogP contribution in [0.1, 0.15) is 29.3 Å². The van der Waals surface area contributed by atoms with Crippen LogP contribution >= 0.6 is 11.6 Å². The molecule has 3 heteroatoms. The van der Waals surface area contributed by atoms with Crippen LogP contribution in [0.3, 0.4) is 0 Å². The molecule has 1 aromatic rings. The minimum Gasteiger partial charge on any atom is -0.294 e. The molecule has 78 valence electrons. The Labute approximate surface area is 94.5 Å². The third-order valence-corrected chi connectivity index (χ3v) is 2.53. The van der Waals surface area contributed by atoms with Crippen LogP contribution < -0.4 is 0 Å². The van der Waals surface area contributed by atoms with E-state index in [1.54, 1.807) is 25.1 Å². The molecule has 0 aliphatic rings. The molecule has 2 nitrogen and oxygen atoms in total. The summed E-state index contributed by atoms with van der Waals surface area (Å²) in [6, 6.07) is 7.17. The highest BCUT2D eigenvalue weighted by atomic mass is 35.5. The normalized spacial score (nSPS) is 11.9. The number of nitrogens with zero attached hydrogens (tertiary/aromatic N) is 1. The molecule has 0 saturated carbocycles. The highest BCUT2D eigenvalue weighted by molar-refractivity contribution is 6.30. The first kappa shape index (κ1) is 11.7. The van der Waals surface area contributed by atoms with Crippen molar-refractivity contribution in [2.45, 2.75) is 20.3 Å². The van der Waals surface area contributed by atoms with E-state index in [2.05, 4.69) is 0 Å². The first-order valence-electron chi connectivity index (χ1n) is 4.73. The summed E-state index contributed by atoms with van der Waals surface area (Å²) in [5.74, 6) is -0.249. The molecule has 0 N–H and O–H groups in total. The molecular weight excluding hydrogens is 210 g/mol. The Morgan fingerprint density at radius 3 is 2.80 bits per heavy atom. The van der Waals surface area contributed by atoms with Crippen molar-refractivity contribution in [3.05, 3.63) is 34.3 Å². The molecule has 0 aromatic heterocycles. The van der Waals surface area contributed by atoms with Crippen LogP contribution in [0, 0.1) is 24.2 Å². The molecule has 0 fully saturated rings. The Morgan fingerprint density at radius 1 is 1.60 bits per heavy atom. The predicted octanol–water partition coefficient (Wildman–Crippen LogP) is 3.38. The molecule has 0 aliphatic heterocycles. The summed E-state index contributed by atoms with van der Waals surface area (Å²) >= 11 is 5.80. The third-order valence-electron chi connectivity index (χ3n) is 2.30. The average molecular weight is 222 g/mol. The zero-order valence-corrected chi connectivity index (χ0v) is 9.51. The summed E-state index contributed by atoms with van der Waals surface area (Å²) in [5.41, 5.74) is 1.51. The quantitative estimate of drug-likeness (QED) is 0.735. The Kier molecular flexibility index (Phi) is 3.88. The van der Waals surface area contributed by atoms with Gasteiger partial charge in [0.25, 0.3) is 0 Å². The number of hydrogen-bond acceptors (Lipinski definition) is 2. The van der Waals surface area contributed by atoms with E-state index in [-0.39, 0.29) is 18.1 Å². The van der Waals surface area contributed by atoms with Gasteiger partial charge in [0.05, 0.1) is 6.07 Å². The van der Waals surface area contributed by atoms with Crippen LogP contribution in [0.15, 0.2) is 18.2 Å². The standard InChI is InChI=1S/C12H12ClNO/c1-8(5-6-14)12(15)11-4-3-10(13)7-9(11)2/h3-4,7-8H,5H2,1-2H3. The Balaban J connectivity index is 2.97. The summed E-state index contributed by atoms with van der Waals surface area (Å²) in [6.07, 6.45) is 0.251. The number of nitriles is 1. The second kappa shape index (κ2) is 4.95. The van der Waals surface area contributed by atoms with Gasteiger partial charge in [-0.25, -0.2) is 0 Å². The van der Waals surface area contributed by atoms with E-state index in [1.165, 1.54) is 0 Å². The van der Waals surface area contributed by atoms with Crippen molar-refractivity contribution in [1.82, 2.24) is 0 Å². The number of carbonyl (C=O) groups is 1. The van der Waals surface area contributed by atoms with E-state index in [4.69, 9.17) is 16.9 Å². The van der Waals surface area contributed by atoms with Gasteiger partial charge >= 0.3 is 0 Å². The molecule has 1 aromatic carbocycles. The number of benzene rings is 1. The number of ketones is 1. The van der Waals surface area contributed by atoms with Crippen molar-refractivity contribution in [3.63, 3.8) is 0 Å². The van der Waals surface area contributed by atoms with Crippen molar-refractivity contribution in [1.29, 1.82) is 5.26 Å². The Morgan fingerprint density at radius 2 is 2.27 bits per heavy atom. The fourth-order valence-electron chi connectivity index (χ4n) is 1.40. The Bertz CT molecular complexity index is 420. The van der Waals surface area contributed by atoms with E-state index in [0.717, 1.165) is 5.56 Å². The van der Waals surface area contributed by atoms with Crippen molar-refractivity contribution < 1.29 is 4.79 Å². The molecule has 0 radical (unpaired) electrons. The maximum Gasteiger partial charge on any atom is 0.166 e. The molecule has 15 heavy (non-hydrogen) atoms. The SMILES string of the molecule is Cc1cc(Cl)ccc1C(=O)C(C)CC#N. The molecule has 0 aliphatic carbocycles. The topological polar surface area (TPSA) is 40.9 Å². The minimum absolute atomic E-state index is 0.00529. The molecule has 0 saturated heterocycles. The number of aryl methyl sites for hydroxylation is 1.